The van der Waals surface area contributed by atoms with Crippen LogP contribution in [0, 0.1) is 16.2 Å². The fourth-order valence-corrected chi connectivity index (χ4v) is 7.16. The lowest BCUT2D eigenvalue weighted by molar-refractivity contribution is -0.132. The molecular formula is C40H49N9O4. The Morgan fingerprint density at radius 3 is 2.55 bits per heavy atom. The number of likely N-dealkylation sites (tertiary alicyclic amines) is 1. The van der Waals surface area contributed by atoms with Crippen LogP contribution in [0.2, 0.25) is 0 Å². The van der Waals surface area contributed by atoms with E-state index in [0.29, 0.717) is 87.1 Å². The molecule has 1 aromatic heterocycles. The summed E-state index contributed by atoms with van der Waals surface area (Å²) >= 11 is 0. The molecule has 0 saturated carbocycles. The first-order chi connectivity index (χ1) is 25.6. The number of carbonyl (C=O) groups is 2. The van der Waals surface area contributed by atoms with Crippen molar-refractivity contribution in [2.24, 2.45) is 10.4 Å². The molecule has 2 saturated heterocycles. The number of nitrogen functional groups attached to an aromatic ring is 1. The Morgan fingerprint density at radius 2 is 1.85 bits per heavy atom. The normalized spacial score (nSPS) is 19.0. The van der Waals surface area contributed by atoms with Gasteiger partial charge >= 0.3 is 0 Å². The van der Waals surface area contributed by atoms with E-state index in [0.717, 1.165) is 17.5 Å². The summed E-state index contributed by atoms with van der Waals surface area (Å²) in [5.41, 5.74) is 11.3. The van der Waals surface area contributed by atoms with Gasteiger partial charge in [0.25, 0.3) is 0 Å². The Kier molecular flexibility index (Phi) is 11.6. The first kappa shape index (κ1) is 37.4. The first-order valence-electron chi connectivity index (χ1n) is 18.1. The van der Waals surface area contributed by atoms with E-state index in [1.165, 1.54) is 11.9 Å². The largest absolute Gasteiger partial charge is 0.475 e. The highest BCUT2D eigenvalue weighted by Crippen LogP contribution is 2.43. The molecule has 0 unspecified atom stereocenters. The van der Waals surface area contributed by atoms with Gasteiger partial charge in [-0.25, -0.2) is 9.98 Å². The van der Waals surface area contributed by atoms with Crippen molar-refractivity contribution >= 4 is 46.6 Å². The van der Waals surface area contributed by atoms with Gasteiger partial charge in [0.15, 0.2) is 5.84 Å². The van der Waals surface area contributed by atoms with E-state index in [2.05, 4.69) is 26.3 Å². The SMILES string of the molecule is COCCN/C=N\C(=N)c1ccc(C2=CCN(C(=O)CN3CC[C@]4(CCN(c5ccc(N)c(C(=N)c6ccc(OC(C)C)nc6)c5)C4=O)C3)CC2)cc1. The number of methoxy groups -OCH3 is 1. The molecule has 53 heavy (non-hydrogen) atoms. The Hall–Kier alpha value is -5.40. The lowest BCUT2D eigenvalue weighted by Gasteiger charge is -2.29. The molecule has 2 aromatic carbocycles. The first-order valence-corrected chi connectivity index (χ1v) is 18.1. The van der Waals surface area contributed by atoms with E-state index < -0.39 is 5.41 Å². The Balaban J connectivity index is 1.02. The maximum absolute atomic E-state index is 14.0. The molecule has 2 fully saturated rings. The van der Waals surface area contributed by atoms with Crippen molar-refractivity contribution in [1.29, 1.82) is 10.8 Å². The van der Waals surface area contributed by atoms with E-state index >= 15 is 0 Å². The van der Waals surface area contributed by atoms with Crippen molar-refractivity contribution in [3.8, 4) is 5.88 Å². The van der Waals surface area contributed by atoms with Crippen molar-refractivity contribution < 1.29 is 19.1 Å². The van der Waals surface area contributed by atoms with E-state index in [1.807, 2.05) is 55.1 Å². The summed E-state index contributed by atoms with van der Waals surface area (Å²) in [6, 6.07) is 16.7. The van der Waals surface area contributed by atoms with Gasteiger partial charge in [0.05, 0.1) is 36.7 Å². The van der Waals surface area contributed by atoms with Crippen molar-refractivity contribution in [2.75, 3.05) is 70.2 Å². The average molecular weight is 720 g/mol. The minimum Gasteiger partial charge on any atom is -0.475 e. The van der Waals surface area contributed by atoms with Crippen LogP contribution in [0.1, 0.15) is 55.4 Å². The van der Waals surface area contributed by atoms with Gasteiger partial charge in [-0.05, 0) is 75.1 Å². The van der Waals surface area contributed by atoms with E-state index in [-0.39, 0.29) is 36.0 Å². The molecule has 0 radical (unpaired) electrons. The Morgan fingerprint density at radius 1 is 1.08 bits per heavy atom. The average Bonchev–Trinajstić information content (AvgIpc) is 3.73. The van der Waals surface area contributed by atoms with Crippen LogP contribution < -0.4 is 20.7 Å². The minimum atomic E-state index is -0.533. The van der Waals surface area contributed by atoms with Gasteiger partial charge in [-0.1, -0.05) is 30.3 Å². The maximum atomic E-state index is 14.0. The molecule has 5 N–H and O–H groups in total. The number of nitrogens with one attached hydrogen (secondary N) is 3. The summed E-state index contributed by atoms with van der Waals surface area (Å²) in [5.74, 6) is 0.799. The molecule has 1 atom stereocenters. The fourth-order valence-electron chi connectivity index (χ4n) is 7.16. The van der Waals surface area contributed by atoms with Gasteiger partial charge in [0, 0.05) is 80.2 Å². The van der Waals surface area contributed by atoms with Crippen molar-refractivity contribution in [1.82, 2.24) is 20.1 Å². The molecule has 3 aromatic rings. The molecule has 2 amide bonds. The van der Waals surface area contributed by atoms with Gasteiger partial charge in [-0.15, -0.1) is 0 Å². The molecular weight excluding hydrogens is 670 g/mol. The second-order valence-corrected chi connectivity index (χ2v) is 14.1. The van der Waals surface area contributed by atoms with Gasteiger partial charge in [-0.2, -0.15) is 0 Å². The van der Waals surface area contributed by atoms with E-state index in [1.54, 1.807) is 36.4 Å². The van der Waals surface area contributed by atoms with Crippen molar-refractivity contribution in [3.63, 3.8) is 0 Å². The number of aromatic nitrogens is 1. The summed E-state index contributed by atoms with van der Waals surface area (Å²) in [5, 5.41) is 20.1. The Labute approximate surface area is 310 Å². The smallest absolute Gasteiger partial charge is 0.237 e. The topological polar surface area (TPSA) is 173 Å². The van der Waals surface area contributed by atoms with Crippen LogP contribution in [-0.4, -0.2) is 110 Å². The minimum absolute atomic E-state index is 0.00367. The number of aliphatic imine (C=N–C) groups is 1. The summed E-state index contributed by atoms with van der Waals surface area (Å²) in [6.07, 6.45) is 7.38. The van der Waals surface area contributed by atoms with Crippen LogP contribution in [0.4, 0.5) is 11.4 Å². The molecule has 4 heterocycles. The van der Waals surface area contributed by atoms with Crippen LogP contribution >= 0.6 is 0 Å². The molecule has 1 spiro atoms. The third kappa shape index (κ3) is 8.64. The molecule has 278 valence electrons. The number of ether oxygens (including phenoxy) is 2. The number of rotatable bonds is 13. The molecule has 0 aliphatic carbocycles. The highest BCUT2D eigenvalue weighted by atomic mass is 16.5. The number of hydrogen-bond donors (Lipinski definition) is 4. The number of nitrogens with two attached hydrogens (primary N) is 1. The third-order valence-electron chi connectivity index (χ3n) is 10.1. The number of carbonyl (C=O) groups excluding carboxylic acids is 2. The standard InChI is InChI=1S/C40H49N9O4/c1-27(2)53-35-11-8-31(23-45-35)37(42)33-22-32(9-10-34(33)41)49-20-15-40(39(49)51)14-19-47(25-40)24-36(50)48-17-12-29(13-18-48)28-4-6-30(7-5-28)38(43)46-26-44-16-21-52-3/h4-12,22-23,26-27,42H,13-21,24-25,41H2,1-3H3,(H2,43,44,46)/t40-/m0/s1. The monoisotopic (exact) mass is 719 g/mol. The van der Waals surface area contributed by atoms with Crippen molar-refractivity contribution in [2.45, 2.75) is 39.2 Å². The summed E-state index contributed by atoms with van der Waals surface area (Å²) in [6.45, 7) is 8.32. The molecule has 3 aliphatic heterocycles. The molecule has 13 heteroatoms. The van der Waals surface area contributed by atoms with Crippen LogP contribution in [0.3, 0.4) is 0 Å². The number of anilines is 2. The third-order valence-corrected chi connectivity index (χ3v) is 10.1. The van der Waals surface area contributed by atoms with Crippen molar-refractivity contribution in [3.05, 3.63) is 89.1 Å². The van der Waals surface area contributed by atoms with E-state index in [4.69, 9.17) is 26.0 Å². The maximum Gasteiger partial charge on any atom is 0.237 e. The lowest BCUT2D eigenvalue weighted by Crippen LogP contribution is -2.43. The fraction of sp³-hybridized carbons (Fsp3) is 0.400. The molecule has 13 nitrogen and oxygen atoms in total. The highest BCUT2D eigenvalue weighted by Gasteiger charge is 2.51. The zero-order valence-electron chi connectivity index (χ0n) is 30.7. The predicted molar refractivity (Wildman–Crippen MR) is 208 cm³/mol. The summed E-state index contributed by atoms with van der Waals surface area (Å²) in [4.78, 5) is 41.7. The van der Waals surface area contributed by atoms with Crippen LogP contribution in [0.15, 0.2) is 71.9 Å². The van der Waals surface area contributed by atoms with E-state index in [9.17, 15) is 9.59 Å². The number of pyridine rings is 1. The van der Waals surface area contributed by atoms with Gasteiger partial charge in [0.1, 0.15) is 0 Å². The number of nitrogens with zero attached hydrogens (tertiary/aromatic N) is 5. The number of amides is 2. The highest BCUT2D eigenvalue weighted by molar-refractivity contribution is 6.14. The Bertz CT molecular complexity index is 1890. The van der Waals surface area contributed by atoms with Gasteiger partial charge in [0.2, 0.25) is 17.7 Å². The second kappa shape index (κ2) is 16.5. The molecule has 3 aliphatic rings. The van der Waals surface area contributed by atoms with Crippen LogP contribution in [-0.2, 0) is 14.3 Å². The second-order valence-electron chi connectivity index (χ2n) is 14.1. The summed E-state index contributed by atoms with van der Waals surface area (Å²) < 4.78 is 10.6. The van der Waals surface area contributed by atoms with Gasteiger partial charge in [-0.3, -0.25) is 25.3 Å². The zero-order chi connectivity index (χ0) is 37.5. The quantitative estimate of drug-likeness (QED) is 0.0881. The summed E-state index contributed by atoms with van der Waals surface area (Å²) in [7, 11) is 1.64. The predicted octanol–water partition coefficient (Wildman–Crippen LogP) is 4.20. The zero-order valence-corrected chi connectivity index (χ0v) is 30.7. The van der Waals surface area contributed by atoms with Gasteiger partial charge < -0.3 is 30.3 Å². The molecule has 0 bridgehead atoms. The molecule has 6 rings (SSSR count). The number of amidine groups is 1. The van der Waals surface area contributed by atoms with Crippen LogP contribution in [0.5, 0.6) is 5.88 Å². The number of benzene rings is 2. The van der Waals surface area contributed by atoms with Crippen LogP contribution in [0.25, 0.3) is 5.57 Å². The number of hydrogen-bond acceptors (Lipinski definition) is 9. The lowest BCUT2D eigenvalue weighted by atomic mass is 9.85.